The van der Waals surface area contributed by atoms with Crippen molar-refractivity contribution >= 4 is 5.97 Å². The Morgan fingerprint density at radius 3 is 1.25 bits per heavy atom. The van der Waals surface area contributed by atoms with Gasteiger partial charge in [-0.1, -0.05) is 90.4 Å². The predicted molar refractivity (Wildman–Crippen MR) is 82.6 cm³/mol. The van der Waals surface area contributed by atoms with Gasteiger partial charge in [-0.3, -0.25) is 4.79 Å². The maximum absolute atomic E-state index is 10.3. The van der Waals surface area contributed by atoms with Gasteiger partial charge in [-0.2, -0.15) is 0 Å². The van der Waals surface area contributed by atoms with Crippen molar-refractivity contribution in [2.45, 2.75) is 103 Å². The molecule has 1 N–H and O–H groups in total. The molecule has 0 saturated carbocycles. The van der Waals surface area contributed by atoms with Crippen molar-refractivity contribution in [1.29, 1.82) is 0 Å². The summed E-state index contributed by atoms with van der Waals surface area (Å²) in [7, 11) is 0. The second-order valence-corrected chi connectivity index (χ2v) is 5.74. The SMILES string of the molecule is CCCCCCCCCCCCCCCCC(=O)O.[Cu]. The maximum atomic E-state index is 10.3. The molecule has 0 heterocycles. The Morgan fingerprint density at radius 2 is 0.950 bits per heavy atom. The van der Waals surface area contributed by atoms with E-state index in [0.29, 0.717) is 6.42 Å². The van der Waals surface area contributed by atoms with Gasteiger partial charge >= 0.3 is 5.97 Å². The summed E-state index contributed by atoms with van der Waals surface area (Å²) in [5.41, 5.74) is 0. The molecule has 0 atom stereocenters. The van der Waals surface area contributed by atoms with E-state index in [2.05, 4.69) is 6.92 Å². The van der Waals surface area contributed by atoms with Crippen LogP contribution in [0.1, 0.15) is 103 Å². The Labute approximate surface area is 136 Å². The van der Waals surface area contributed by atoms with Gasteiger partial charge in [-0.05, 0) is 6.42 Å². The monoisotopic (exact) mass is 333 g/mol. The molecular formula is C17H34CuO2. The molecule has 0 aliphatic carbocycles. The Morgan fingerprint density at radius 1 is 0.650 bits per heavy atom. The number of rotatable bonds is 15. The summed E-state index contributed by atoms with van der Waals surface area (Å²) in [4.78, 5) is 10.3. The third-order valence-corrected chi connectivity index (χ3v) is 3.74. The number of carboxylic acids is 1. The zero-order chi connectivity index (χ0) is 14.2. The molecule has 0 amide bonds. The largest absolute Gasteiger partial charge is 0.481 e. The van der Waals surface area contributed by atoms with E-state index in [9.17, 15) is 4.79 Å². The van der Waals surface area contributed by atoms with Crippen molar-refractivity contribution in [2.24, 2.45) is 0 Å². The Kier molecular flexibility index (Phi) is 21.1. The van der Waals surface area contributed by atoms with Gasteiger partial charge in [0, 0.05) is 23.5 Å². The molecule has 0 saturated heterocycles. The van der Waals surface area contributed by atoms with Crippen molar-refractivity contribution in [1.82, 2.24) is 0 Å². The van der Waals surface area contributed by atoms with E-state index < -0.39 is 5.97 Å². The van der Waals surface area contributed by atoms with Gasteiger partial charge in [-0.15, -0.1) is 0 Å². The van der Waals surface area contributed by atoms with Gasteiger partial charge < -0.3 is 5.11 Å². The van der Waals surface area contributed by atoms with Crippen LogP contribution in [0.3, 0.4) is 0 Å². The van der Waals surface area contributed by atoms with Crippen molar-refractivity contribution in [3.63, 3.8) is 0 Å². The summed E-state index contributed by atoms with van der Waals surface area (Å²) in [6.07, 6.45) is 18.7. The first-order chi connectivity index (χ1) is 9.27. The van der Waals surface area contributed by atoms with Crippen LogP contribution < -0.4 is 0 Å². The molecule has 0 bridgehead atoms. The third-order valence-electron chi connectivity index (χ3n) is 3.74. The number of hydrogen-bond acceptors (Lipinski definition) is 1. The van der Waals surface area contributed by atoms with E-state index in [0.717, 1.165) is 12.8 Å². The number of carboxylic acid groups (broad SMARTS) is 1. The van der Waals surface area contributed by atoms with Crippen molar-refractivity contribution in [3.8, 4) is 0 Å². The van der Waals surface area contributed by atoms with Crippen LogP contribution in [0.2, 0.25) is 0 Å². The van der Waals surface area contributed by atoms with Crippen LogP contribution in [0.5, 0.6) is 0 Å². The van der Waals surface area contributed by atoms with E-state index in [1.165, 1.54) is 77.0 Å². The fourth-order valence-corrected chi connectivity index (χ4v) is 2.47. The number of unbranched alkanes of at least 4 members (excludes halogenated alkanes) is 13. The number of hydrogen-bond donors (Lipinski definition) is 1. The van der Waals surface area contributed by atoms with Crippen molar-refractivity contribution in [3.05, 3.63) is 0 Å². The molecule has 0 spiro atoms. The van der Waals surface area contributed by atoms with E-state index in [-0.39, 0.29) is 17.1 Å². The first kappa shape index (κ1) is 22.3. The molecule has 3 heteroatoms. The van der Waals surface area contributed by atoms with Crippen molar-refractivity contribution in [2.75, 3.05) is 0 Å². The normalized spacial score (nSPS) is 10.2. The Hall–Kier alpha value is -0.0105. The Balaban J connectivity index is 0. The maximum Gasteiger partial charge on any atom is 0.303 e. The fourth-order valence-electron chi connectivity index (χ4n) is 2.47. The average Bonchev–Trinajstić information content (AvgIpc) is 2.39. The Bertz CT molecular complexity index is 195. The van der Waals surface area contributed by atoms with Crippen LogP contribution in [0.15, 0.2) is 0 Å². The van der Waals surface area contributed by atoms with E-state index >= 15 is 0 Å². The summed E-state index contributed by atoms with van der Waals surface area (Å²) < 4.78 is 0. The van der Waals surface area contributed by atoms with Gasteiger partial charge in [-0.25, -0.2) is 0 Å². The predicted octanol–water partition coefficient (Wildman–Crippen LogP) is 5.94. The number of carbonyl (C=O) groups is 1. The minimum atomic E-state index is -0.654. The molecule has 20 heavy (non-hydrogen) atoms. The zero-order valence-corrected chi connectivity index (χ0v) is 14.2. The molecule has 0 fully saturated rings. The smallest absolute Gasteiger partial charge is 0.303 e. The van der Waals surface area contributed by atoms with E-state index in [4.69, 9.17) is 5.11 Å². The first-order valence-electron chi connectivity index (χ1n) is 8.49. The third kappa shape index (κ3) is 20.3. The van der Waals surface area contributed by atoms with Gasteiger partial charge in [0.15, 0.2) is 0 Å². The fraction of sp³-hybridized carbons (Fsp3) is 0.941. The van der Waals surface area contributed by atoms with E-state index in [1.54, 1.807) is 0 Å². The van der Waals surface area contributed by atoms with Crippen LogP contribution in [-0.4, -0.2) is 11.1 Å². The summed E-state index contributed by atoms with van der Waals surface area (Å²) in [5.74, 6) is -0.654. The molecule has 0 unspecified atom stereocenters. The average molecular weight is 334 g/mol. The molecule has 0 aromatic rings. The van der Waals surface area contributed by atoms with Crippen LogP contribution in [0, 0.1) is 0 Å². The molecule has 125 valence electrons. The number of aliphatic carboxylic acids is 1. The molecule has 0 aliphatic rings. The standard InChI is InChI=1S/C17H34O2.Cu/c1-2-3-4-5-6-7-8-9-10-11-12-13-14-15-16-17(18)19;/h2-16H2,1H3,(H,18,19);. The topological polar surface area (TPSA) is 37.3 Å². The second kappa shape index (κ2) is 19.0. The summed E-state index contributed by atoms with van der Waals surface area (Å²) in [6, 6.07) is 0. The summed E-state index contributed by atoms with van der Waals surface area (Å²) in [5, 5.41) is 8.50. The van der Waals surface area contributed by atoms with Gasteiger partial charge in [0.1, 0.15) is 0 Å². The van der Waals surface area contributed by atoms with Gasteiger partial charge in [0.05, 0.1) is 0 Å². The van der Waals surface area contributed by atoms with Crippen LogP contribution >= 0.6 is 0 Å². The minimum Gasteiger partial charge on any atom is -0.481 e. The zero-order valence-electron chi connectivity index (χ0n) is 13.3. The first-order valence-corrected chi connectivity index (χ1v) is 8.49. The molecule has 0 rings (SSSR count). The van der Waals surface area contributed by atoms with E-state index in [1.807, 2.05) is 0 Å². The molecule has 0 aromatic heterocycles. The molecule has 0 aliphatic heterocycles. The van der Waals surface area contributed by atoms with Gasteiger partial charge in [0.2, 0.25) is 0 Å². The quantitative estimate of drug-likeness (QED) is 0.297. The van der Waals surface area contributed by atoms with Crippen LogP contribution in [0.25, 0.3) is 0 Å². The summed E-state index contributed by atoms with van der Waals surface area (Å²) in [6.45, 7) is 2.27. The molecule has 2 nitrogen and oxygen atoms in total. The van der Waals surface area contributed by atoms with Crippen molar-refractivity contribution < 1.29 is 27.0 Å². The minimum absolute atomic E-state index is 0. The van der Waals surface area contributed by atoms with Gasteiger partial charge in [0.25, 0.3) is 0 Å². The molecular weight excluding hydrogens is 300 g/mol. The van der Waals surface area contributed by atoms with Crippen LogP contribution in [0.4, 0.5) is 0 Å². The second-order valence-electron chi connectivity index (χ2n) is 5.74. The van der Waals surface area contributed by atoms with Crippen LogP contribution in [-0.2, 0) is 21.9 Å². The summed E-state index contributed by atoms with van der Waals surface area (Å²) >= 11 is 0. The molecule has 1 radical (unpaired) electrons. The molecule has 0 aromatic carbocycles.